The molecule has 200 valence electrons. The number of rotatable bonds is 5. The van der Waals surface area contributed by atoms with Crippen LogP contribution in [0.5, 0.6) is 0 Å². The Balaban J connectivity index is 1.28. The first kappa shape index (κ1) is 26.0. The minimum absolute atomic E-state index is 0.0174. The zero-order chi connectivity index (χ0) is 26.2. The van der Waals surface area contributed by atoms with Gasteiger partial charge in [-0.15, -0.1) is 11.3 Å². The van der Waals surface area contributed by atoms with E-state index in [9.17, 15) is 14.4 Å². The summed E-state index contributed by atoms with van der Waals surface area (Å²) >= 11 is 1.44. The molecule has 2 atom stereocenters. The van der Waals surface area contributed by atoms with Gasteiger partial charge < -0.3 is 15.1 Å². The van der Waals surface area contributed by atoms with Crippen molar-refractivity contribution in [2.75, 3.05) is 44.6 Å². The van der Waals surface area contributed by atoms with Crippen molar-refractivity contribution in [1.29, 1.82) is 0 Å². The molecule has 1 spiro atoms. The van der Waals surface area contributed by atoms with Crippen LogP contribution in [0.1, 0.15) is 63.2 Å². The summed E-state index contributed by atoms with van der Waals surface area (Å²) in [6, 6.07) is 8.26. The second kappa shape index (κ2) is 10.6. The van der Waals surface area contributed by atoms with E-state index in [0.29, 0.717) is 48.2 Å². The lowest BCUT2D eigenvalue weighted by atomic mass is 9.76. The van der Waals surface area contributed by atoms with Gasteiger partial charge in [0.05, 0.1) is 11.0 Å². The second-order valence-corrected chi connectivity index (χ2v) is 11.9. The molecule has 4 heterocycles. The van der Waals surface area contributed by atoms with Crippen LogP contribution in [0.15, 0.2) is 24.3 Å². The molecule has 2 N–H and O–H groups in total. The first-order valence-corrected chi connectivity index (χ1v) is 14.6. The number of hydrogen-bond acceptors (Lipinski definition) is 5. The maximum Gasteiger partial charge on any atom is 0.319 e. The van der Waals surface area contributed by atoms with Crippen LogP contribution in [0, 0.1) is 5.41 Å². The largest absolute Gasteiger partial charge is 0.340 e. The van der Waals surface area contributed by atoms with Crippen LogP contribution in [0.4, 0.5) is 9.80 Å². The second-order valence-electron chi connectivity index (χ2n) is 10.8. The molecular weight excluding hydrogens is 486 g/mol. The van der Waals surface area contributed by atoms with Crippen molar-refractivity contribution >= 4 is 44.3 Å². The fourth-order valence-electron chi connectivity index (χ4n) is 6.79. The summed E-state index contributed by atoms with van der Waals surface area (Å²) in [5, 5.41) is 7.15. The number of likely N-dealkylation sites (tertiary alicyclic amines) is 3. The van der Waals surface area contributed by atoms with Gasteiger partial charge in [0.15, 0.2) is 0 Å². The quantitative estimate of drug-likeness (QED) is 0.607. The number of piperidine rings is 2. The van der Waals surface area contributed by atoms with Gasteiger partial charge >= 0.3 is 6.03 Å². The van der Waals surface area contributed by atoms with Crippen molar-refractivity contribution in [2.45, 2.75) is 65.0 Å². The predicted molar refractivity (Wildman–Crippen MR) is 148 cm³/mol. The zero-order valence-electron chi connectivity index (χ0n) is 22.2. The molecule has 0 bridgehead atoms. The molecule has 2 aromatic rings. The summed E-state index contributed by atoms with van der Waals surface area (Å²) in [6.07, 6.45) is 4.83. The molecule has 1 aromatic carbocycles. The van der Waals surface area contributed by atoms with Crippen molar-refractivity contribution in [3.8, 4) is 0 Å². The SMILES string of the molecule is CCNC(=O)Nc1sc2ccccc2c1C(=O)N1CCC(N2CCCC3(CC(C)N(CC)C3=O)C2)CC1. The highest BCUT2D eigenvalue weighted by molar-refractivity contribution is 7.23. The Labute approximate surface area is 223 Å². The van der Waals surface area contributed by atoms with Crippen LogP contribution in [0.3, 0.4) is 0 Å². The highest BCUT2D eigenvalue weighted by atomic mass is 32.1. The lowest BCUT2D eigenvalue weighted by Crippen LogP contribution is -2.54. The Morgan fingerprint density at radius 2 is 1.89 bits per heavy atom. The van der Waals surface area contributed by atoms with E-state index in [-0.39, 0.29) is 17.4 Å². The maximum atomic E-state index is 13.8. The monoisotopic (exact) mass is 525 g/mol. The number of nitrogens with zero attached hydrogens (tertiary/aromatic N) is 3. The van der Waals surface area contributed by atoms with Crippen molar-refractivity contribution < 1.29 is 14.4 Å². The van der Waals surface area contributed by atoms with Crippen LogP contribution in [0.25, 0.3) is 10.1 Å². The van der Waals surface area contributed by atoms with Crippen LogP contribution in [-0.4, -0.2) is 83.9 Å². The fraction of sp³-hybridized carbons (Fsp3) is 0.607. The molecule has 3 fully saturated rings. The van der Waals surface area contributed by atoms with E-state index in [1.54, 1.807) is 0 Å². The summed E-state index contributed by atoms with van der Waals surface area (Å²) in [6.45, 7) is 10.7. The third-order valence-electron chi connectivity index (χ3n) is 8.52. The van der Waals surface area contributed by atoms with Crippen LogP contribution < -0.4 is 10.6 Å². The highest BCUT2D eigenvalue weighted by Crippen LogP contribution is 2.44. The lowest BCUT2D eigenvalue weighted by molar-refractivity contribution is -0.139. The highest BCUT2D eigenvalue weighted by Gasteiger charge is 2.52. The van der Waals surface area contributed by atoms with E-state index in [1.165, 1.54) is 11.3 Å². The molecule has 0 radical (unpaired) electrons. The Bertz CT molecular complexity index is 1170. The normalized spacial score (nSPS) is 25.3. The molecule has 1 aromatic heterocycles. The average Bonchev–Trinajstić information content (AvgIpc) is 3.36. The van der Waals surface area contributed by atoms with Crippen molar-refractivity contribution in [1.82, 2.24) is 20.0 Å². The molecule has 8 nitrogen and oxygen atoms in total. The van der Waals surface area contributed by atoms with E-state index in [4.69, 9.17) is 0 Å². The summed E-state index contributed by atoms with van der Waals surface area (Å²) in [4.78, 5) is 45.9. The smallest absolute Gasteiger partial charge is 0.319 e. The molecule has 4 amide bonds. The van der Waals surface area contributed by atoms with E-state index in [0.717, 1.165) is 61.8 Å². The van der Waals surface area contributed by atoms with Crippen LogP contribution in [0.2, 0.25) is 0 Å². The first-order chi connectivity index (χ1) is 17.9. The first-order valence-electron chi connectivity index (χ1n) is 13.8. The van der Waals surface area contributed by atoms with Gasteiger partial charge in [-0.3, -0.25) is 19.8 Å². The van der Waals surface area contributed by atoms with E-state index >= 15 is 0 Å². The standard InChI is InChI=1S/C28H39N5O3S/c1-4-29-27(36)30-24-23(21-9-6-7-10-22(21)37-24)25(34)31-15-11-20(12-16-31)32-14-8-13-28(18-32)17-19(3)33(5-2)26(28)35/h6-7,9-10,19-20H,4-5,8,11-18H2,1-3H3,(H2,29,30,36). The molecule has 3 aliphatic heterocycles. The third kappa shape index (κ3) is 4.83. The minimum Gasteiger partial charge on any atom is -0.340 e. The number of thiophene rings is 1. The number of anilines is 1. The van der Waals surface area contributed by atoms with Gasteiger partial charge in [0, 0.05) is 54.9 Å². The number of benzene rings is 1. The number of amides is 4. The Kier molecular flexibility index (Phi) is 7.45. The van der Waals surface area contributed by atoms with Gasteiger partial charge in [0.1, 0.15) is 5.00 Å². The summed E-state index contributed by atoms with van der Waals surface area (Å²) in [5.74, 6) is 0.326. The molecule has 0 saturated carbocycles. The van der Waals surface area contributed by atoms with Gasteiger partial charge in [0.25, 0.3) is 5.91 Å². The molecular formula is C28H39N5O3S. The molecule has 37 heavy (non-hydrogen) atoms. The van der Waals surface area contributed by atoms with E-state index in [1.807, 2.05) is 36.1 Å². The van der Waals surface area contributed by atoms with Crippen molar-refractivity contribution in [2.24, 2.45) is 5.41 Å². The fourth-order valence-corrected chi connectivity index (χ4v) is 7.88. The number of nitrogens with one attached hydrogen (secondary N) is 2. The molecule has 9 heteroatoms. The molecule has 3 saturated heterocycles. The maximum absolute atomic E-state index is 13.8. The van der Waals surface area contributed by atoms with Gasteiger partial charge in [-0.05, 0) is 65.5 Å². The van der Waals surface area contributed by atoms with Gasteiger partial charge in [-0.1, -0.05) is 18.2 Å². The van der Waals surface area contributed by atoms with Crippen molar-refractivity contribution in [3.05, 3.63) is 29.8 Å². The van der Waals surface area contributed by atoms with Crippen LogP contribution in [-0.2, 0) is 4.79 Å². The number of carbonyl (C=O) groups is 3. The number of hydrogen-bond donors (Lipinski definition) is 2. The Morgan fingerprint density at radius 3 is 2.59 bits per heavy atom. The topological polar surface area (TPSA) is 85.0 Å². The van der Waals surface area contributed by atoms with Crippen LogP contribution >= 0.6 is 11.3 Å². The van der Waals surface area contributed by atoms with Gasteiger partial charge in [-0.2, -0.15) is 0 Å². The number of fused-ring (bicyclic) bond motifs is 1. The predicted octanol–water partition coefficient (Wildman–Crippen LogP) is 4.37. The summed E-state index contributed by atoms with van der Waals surface area (Å²) in [5.41, 5.74) is 0.364. The number of carbonyl (C=O) groups excluding carboxylic acids is 3. The van der Waals surface area contributed by atoms with Gasteiger partial charge in [0.2, 0.25) is 5.91 Å². The summed E-state index contributed by atoms with van der Waals surface area (Å²) < 4.78 is 0.989. The van der Waals surface area contributed by atoms with Gasteiger partial charge in [-0.25, -0.2) is 4.79 Å². The lowest BCUT2D eigenvalue weighted by Gasteiger charge is -2.45. The Morgan fingerprint density at radius 1 is 1.14 bits per heavy atom. The van der Waals surface area contributed by atoms with E-state index in [2.05, 4.69) is 34.3 Å². The molecule has 5 rings (SSSR count). The number of urea groups is 1. The molecule has 2 unspecified atom stereocenters. The minimum atomic E-state index is -0.293. The Hall–Kier alpha value is -2.65. The summed E-state index contributed by atoms with van der Waals surface area (Å²) in [7, 11) is 0. The average molecular weight is 526 g/mol. The third-order valence-corrected chi connectivity index (χ3v) is 9.61. The zero-order valence-corrected chi connectivity index (χ0v) is 23.0. The van der Waals surface area contributed by atoms with Crippen molar-refractivity contribution in [3.63, 3.8) is 0 Å². The van der Waals surface area contributed by atoms with E-state index < -0.39 is 0 Å². The molecule has 3 aliphatic rings. The molecule has 0 aliphatic carbocycles.